The lowest BCUT2D eigenvalue weighted by atomic mass is 10.0. The summed E-state index contributed by atoms with van der Waals surface area (Å²) in [6, 6.07) is 0. The maximum absolute atomic E-state index is 11.1. The molecule has 0 bridgehead atoms. The highest BCUT2D eigenvalue weighted by Crippen LogP contribution is 2.12. The van der Waals surface area contributed by atoms with Gasteiger partial charge in [0, 0.05) is 12.8 Å². The highest BCUT2D eigenvalue weighted by atomic mass is 16.7. The van der Waals surface area contributed by atoms with E-state index < -0.39 is 6.16 Å². The fourth-order valence-electron chi connectivity index (χ4n) is 1.29. The van der Waals surface area contributed by atoms with Gasteiger partial charge in [0.1, 0.15) is 11.9 Å². The van der Waals surface area contributed by atoms with Crippen molar-refractivity contribution in [3.8, 4) is 0 Å². The predicted octanol–water partition coefficient (Wildman–Crippen LogP) is 1.84. The first-order chi connectivity index (χ1) is 6.72. The Balaban J connectivity index is 2.46. The molecule has 0 heterocycles. The normalized spacial score (nSPS) is 24.6. The zero-order chi connectivity index (χ0) is 10.4. The third-order valence-electron chi connectivity index (χ3n) is 2.06. The molecule has 1 atom stereocenters. The van der Waals surface area contributed by atoms with E-state index in [1.54, 1.807) is 0 Å². The minimum absolute atomic E-state index is 0.216. The first kappa shape index (κ1) is 10.8. The van der Waals surface area contributed by atoms with Gasteiger partial charge in [0.15, 0.2) is 0 Å². The third kappa shape index (κ3) is 3.60. The van der Waals surface area contributed by atoms with Gasteiger partial charge in [0.05, 0.1) is 7.11 Å². The summed E-state index contributed by atoms with van der Waals surface area (Å²) in [4.78, 5) is 21.9. The molecule has 0 spiro atoms. The van der Waals surface area contributed by atoms with Crippen LogP contribution in [0.3, 0.4) is 0 Å². The van der Waals surface area contributed by atoms with Crippen molar-refractivity contribution in [3.63, 3.8) is 0 Å². The van der Waals surface area contributed by atoms with E-state index in [0.29, 0.717) is 19.3 Å². The molecule has 78 valence electrons. The average molecular weight is 198 g/mol. The minimum Gasteiger partial charge on any atom is -0.438 e. The van der Waals surface area contributed by atoms with Crippen LogP contribution in [0.1, 0.15) is 25.7 Å². The summed E-state index contributed by atoms with van der Waals surface area (Å²) in [5, 5.41) is 0. The van der Waals surface area contributed by atoms with Crippen LogP contribution in [0.5, 0.6) is 0 Å². The van der Waals surface area contributed by atoms with E-state index in [9.17, 15) is 9.59 Å². The zero-order valence-electron chi connectivity index (χ0n) is 8.19. The highest BCUT2D eigenvalue weighted by Gasteiger charge is 2.15. The van der Waals surface area contributed by atoms with E-state index in [2.05, 4.69) is 4.74 Å². The van der Waals surface area contributed by atoms with E-state index >= 15 is 0 Å². The van der Waals surface area contributed by atoms with Gasteiger partial charge in [-0.15, -0.1) is 0 Å². The van der Waals surface area contributed by atoms with Crippen LogP contribution in [-0.4, -0.2) is 25.2 Å². The number of hydrogen-bond acceptors (Lipinski definition) is 4. The molecule has 0 radical (unpaired) electrons. The fraction of sp³-hybridized carbons (Fsp3) is 0.600. The molecule has 0 aromatic rings. The summed E-state index contributed by atoms with van der Waals surface area (Å²) in [5.74, 6) is 0.216. The quantitative estimate of drug-likeness (QED) is 0.476. The Morgan fingerprint density at radius 2 is 2.29 bits per heavy atom. The topological polar surface area (TPSA) is 52.6 Å². The largest absolute Gasteiger partial charge is 0.508 e. The number of carbonyl (C=O) groups is 2. The van der Waals surface area contributed by atoms with Crippen molar-refractivity contribution in [2.45, 2.75) is 31.8 Å². The Morgan fingerprint density at radius 3 is 3.00 bits per heavy atom. The van der Waals surface area contributed by atoms with E-state index in [1.165, 1.54) is 7.11 Å². The number of Topliss-reactive ketones (excluding diaryl/α,β-unsaturated/α-hetero) is 1. The molecule has 1 aliphatic carbocycles. The second kappa shape index (κ2) is 5.42. The van der Waals surface area contributed by atoms with Crippen molar-refractivity contribution >= 4 is 11.9 Å². The molecule has 1 unspecified atom stereocenters. The smallest absolute Gasteiger partial charge is 0.438 e. The van der Waals surface area contributed by atoms with Crippen molar-refractivity contribution in [1.29, 1.82) is 0 Å². The van der Waals surface area contributed by atoms with Crippen LogP contribution >= 0.6 is 0 Å². The SMILES string of the molecule is COC(=O)OC1/C=C/CCC(=O)CC1. The first-order valence-electron chi connectivity index (χ1n) is 4.65. The molecule has 1 aliphatic rings. The molecule has 0 saturated heterocycles. The standard InChI is InChI=1S/C10H14O4/c1-13-10(12)14-9-5-3-2-4-8(11)6-7-9/h3,5,9H,2,4,6-7H2,1H3/b5-3+. The van der Waals surface area contributed by atoms with Crippen molar-refractivity contribution in [1.82, 2.24) is 0 Å². The van der Waals surface area contributed by atoms with E-state index in [1.807, 2.05) is 12.2 Å². The van der Waals surface area contributed by atoms with Crippen LogP contribution in [0.2, 0.25) is 0 Å². The highest BCUT2D eigenvalue weighted by molar-refractivity contribution is 5.78. The Labute approximate surface area is 82.9 Å². The Bertz CT molecular complexity index is 245. The molecule has 4 heteroatoms. The summed E-state index contributed by atoms with van der Waals surface area (Å²) in [7, 11) is 1.26. The van der Waals surface area contributed by atoms with E-state index in [4.69, 9.17) is 4.74 Å². The van der Waals surface area contributed by atoms with Crippen molar-refractivity contribution in [2.75, 3.05) is 7.11 Å². The van der Waals surface area contributed by atoms with Crippen LogP contribution in [0.25, 0.3) is 0 Å². The lowest BCUT2D eigenvalue weighted by molar-refractivity contribution is -0.119. The summed E-state index contributed by atoms with van der Waals surface area (Å²) in [6.45, 7) is 0. The predicted molar refractivity (Wildman–Crippen MR) is 49.9 cm³/mol. The van der Waals surface area contributed by atoms with Crippen molar-refractivity contribution < 1.29 is 19.1 Å². The lowest BCUT2D eigenvalue weighted by Crippen LogP contribution is -2.18. The molecule has 0 saturated carbocycles. The van der Waals surface area contributed by atoms with Crippen molar-refractivity contribution in [3.05, 3.63) is 12.2 Å². The summed E-state index contributed by atoms with van der Waals surface area (Å²) >= 11 is 0. The number of methoxy groups -OCH3 is 1. The molecular formula is C10H14O4. The molecule has 0 aromatic heterocycles. The van der Waals surface area contributed by atoms with Gasteiger partial charge in [0.25, 0.3) is 0 Å². The number of ether oxygens (including phenoxy) is 2. The number of allylic oxidation sites excluding steroid dienone is 1. The van der Waals surface area contributed by atoms with E-state index in [-0.39, 0.29) is 11.9 Å². The molecule has 1 rings (SSSR count). The second-order valence-corrected chi connectivity index (χ2v) is 3.15. The molecule has 0 aliphatic heterocycles. The number of hydrogen-bond donors (Lipinski definition) is 0. The average Bonchev–Trinajstić information content (AvgIpc) is 2.16. The van der Waals surface area contributed by atoms with Crippen LogP contribution in [0.4, 0.5) is 4.79 Å². The van der Waals surface area contributed by atoms with Gasteiger partial charge in [-0.1, -0.05) is 6.08 Å². The van der Waals surface area contributed by atoms with Gasteiger partial charge in [-0.05, 0) is 18.9 Å². The number of rotatable bonds is 1. The summed E-state index contributed by atoms with van der Waals surface area (Å²) < 4.78 is 9.30. The monoisotopic (exact) mass is 198 g/mol. The molecule has 0 N–H and O–H groups in total. The lowest BCUT2D eigenvalue weighted by Gasteiger charge is -2.14. The second-order valence-electron chi connectivity index (χ2n) is 3.15. The first-order valence-corrected chi connectivity index (χ1v) is 4.65. The maximum Gasteiger partial charge on any atom is 0.508 e. The molecule has 0 amide bonds. The Morgan fingerprint density at radius 1 is 1.50 bits per heavy atom. The molecular weight excluding hydrogens is 184 g/mol. The van der Waals surface area contributed by atoms with Gasteiger partial charge in [0.2, 0.25) is 0 Å². The van der Waals surface area contributed by atoms with Crippen LogP contribution in [0, 0.1) is 0 Å². The zero-order valence-corrected chi connectivity index (χ0v) is 8.19. The van der Waals surface area contributed by atoms with Crippen LogP contribution in [-0.2, 0) is 14.3 Å². The van der Waals surface area contributed by atoms with Crippen LogP contribution in [0.15, 0.2) is 12.2 Å². The van der Waals surface area contributed by atoms with Gasteiger partial charge in [-0.25, -0.2) is 4.79 Å². The van der Waals surface area contributed by atoms with Gasteiger partial charge >= 0.3 is 6.16 Å². The molecule has 0 fully saturated rings. The molecule has 0 aromatic carbocycles. The van der Waals surface area contributed by atoms with Gasteiger partial charge in [-0.3, -0.25) is 4.79 Å². The number of ketones is 1. The fourth-order valence-corrected chi connectivity index (χ4v) is 1.29. The molecule has 4 nitrogen and oxygen atoms in total. The Hall–Kier alpha value is -1.32. The maximum atomic E-state index is 11.1. The minimum atomic E-state index is -0.701. The van der Waals surface area contributed by atoms with Gasteiger partial charge in [-0.2, -0.15) is 0 Å². The third-order valence-corrected chi connectivity index (χ3v) is 2.06. The van der Waals surface area contributed by atoms with Crippen LogP contribution < -0.4 is 0 Å². The molecule has 14 heavy (non-hydrogen) atoms. The number of carbonyl (C=O) groups excluding carboxylic acids is 2. The summed E-state index contributed by atoms with van der Waals surface area (Å²) in [5.41, 5.74) is 0. The van der Waals surface area contributed by atoms with Gasteiger partial charge < -0.3 is 9.47 Å². The summed E-state index contributed by atoms with van der Waals surface area (Å²) in [6.07, 6.45) is 4.96. The van der Waals surface area contributed by atoms with Crippen molar-refractivity contribution in [2.24, 2.45) is 0 Å². The van der Waals surface area contributed by atoms with E-state index in [0.717, 1.165) is 6.42 Å². The Kier molecular flexibility index (Phi) is 4.16.